The smallest absolute Gasteiger partial charge is 0.341 e. The molecule has 1 N–H and O–H groups in total. The molecule has 0 spiro atoms. The lowest BCUT2D eigenvalue weighted by molar-refractivity contribution is -0.385. The number of carbonyl (C=O) groups excluding carboxylic acids is 2. The monoisotopic (exact) mass is 416 g/mol. The first-order valence-electron chi connectivity index (χ1n) is 9.80. The van der Waals surface area contributed by atoms with E-state index in [1.165, 1.54) is 29.5 Å². The van der Waals surface area contributed by atoms with Crippen LogP contribution in [0.1, 0.15) is 69.3 Å². The predicted molar refractivity (Wildman–Crippen MR) is 112 cm³/mol. The summed E-state index contributed by atoms with van der Waals surface area (Å²) in [6.07, 6.45) is 5.60. The van der Waals surface area contributed by atoms with Crippen molar-refractivity contribution in [2.45, 2.75) is 52.4 Å². The maximum absolute atomic E-state index is 12.8. The third-order valence-corrected chi connectivity index (χ3v) is 6.15. The van der Waals surface area contributed by atoms with Crippen LogP contribution >= 0.6 is 11.3 Å². The van der Waals surface area contributed by atoms with Crippen LogP contribution in [-0.2, 0) is 17.6 Å². The number of benzene rings is 1. The molecule has 0 fully saturated rings. The Hall–Kier alpha value is -2.74. The van der Waals surface area contributed by atoms with Crippen molar-refractivity contribution in [1.82, 2.24) is 0 Å². The van der Waals surface area contributed by atoms with Gasteiger partial charge in [0.05, 0.1) is 17.1 Å². The standard InChI is InChI=1S/C21H24N2O5S/c1-3-11-28-21(25)18-15-7-5-4-6-8-17(15)29-20(18)22-19(24)14-9-10-16(23(26)27)13(2)12-14/h9-10,12H,3-8,11H2,1-2H3,(H,22,24). The van der Waals surface area contributed by atoms with E-state index in [-0.39, 0.29) is 5.69 Å². The van der Waals surface area contributed by atoms with E-state index in [0.29, 0.717) is 28.3 Å². The summed E-state index contributed by atoms with van der Waals surface area (Å²) < 4.78 is 5.37. The molecule has 0 bridgehead atoms. The Morgan fingerprint density at radius 2 is 2.00 bits per heavy atom. The summed E-state index contributed by atoms with van der Waals surface area (Å²) in [5.41, 5.74) is 2.14. The molecule has 0 atom stereocenters. The highest BCUT2D eigenvalue weighted by Gasteiger charge is 2.27. The van der Waals surface area contributed by atoms with Gasteiger partial charge in [-0.1, -0.05) is 13.3 Å². The number of hydrogen-bond donors (Lipinski definition) is 1. The number of carbonyl (C=O) groups is 2. The van der Waals surface area contributed by atoms with Crippen LogP contribution < -0.4 is 5.32 Å². The highest BCUT2D eigenvalue weighted by molar-refractivity contribution is 7.17. The maximum atomic E-state index is 12.8. The van der Waals surface area contributed by atoms with Gasteiger partial charge in [0.1, 0.15) is 5.00 Å². The van der Waals surface area contributed by atoms with E-state index in [1.54, 1.807) is 6.92 Å². The Kier molecular flexibility index (Phi) is 6.64. The van der Waals surface area contributed by atoms with E-state index in [2.05, 4.69) is 5.32 Å². The summed E-state index contributed by atoms with van der Waals surface area (Å²) in [4.78, 5) is 37.2. The van der Waals surface area contributed by atoms with Gasteiger partial charge in [-0.3, -0.25) is 14.9 Å². The second-order valence-corrected chi connectivity index (χ2v) is 8.22. The van der Waals surface area contributed by atoms with E-state index in [0.717, 1.165) is 49.0 Å². The Bertz CT molecular complexity index is 951. The zero-order valence-corrected chi connectivity index (χ0v) is 17.4. The highest BCUT2D eigenvalue weighted by atomic mass is 32.1. The number of nitro benzene ring substituents is 1. The summed E-state index contributed by atoms with van der Waals surface area (Å²) in [5.74, 6) is -0.801. The number of thiophene rings is 1. The number of ether oxygens (including phenoxy) is 1. The molecular formula is C21H24N2O5S. The van der Waals surface area contributed by atoms with Gasteiger partial charge in [0, 0.05) is 22.1 Å². The van der Waals surface area contributed by atoms with Gasteiger partial charge < -0.3 is 10.1 Å². The van der Waals surface area contributed by atoms with Gasteiger partial charge in [-0.25, -0.2) is 4.79 Å². The van der Waals surface area contributed by atoms with Crippen LogP contribution in [0.3, 0.4) is 0 Å². The molecule has 154 valence electrons. The molecule has 0 aliphatic heterocycles. The lowest BCUT2D eigenvalue weighted by Gasteiger charge is -2.09. The summed E-state index contributed by atoms with van der Waals surface area (Å²) in [6, 6.07) is 4.24. The van der Waals surface area contributed by atoms with Crippen molar-refractivity contribution in [1.29, 1.82) is 0 Å². The Morgan fingerprint density at radius 3 is 2.69 bits per heavy atom. The number of nitrogens with one attached hydrogen (secondary N) is 1. The van der Waals surface area contributed by atoms with Gasteiger partial charge in [0.15, 0.2) is 0 Å². The van der Waals surface area contributed by atoms with Crippen molar-refractivity contribution in [3.63, 3.8) is 0 Å². The minimum Gasteiger partial charge on any atom is -0.462 e. The number of fused-ring (bicyclic) bond motifs is 1. The molecule has 0 saturated heterocycles. The first-order chi connectivity index (χ1) is 13.9. The molecule has 1 heterocycles. The van der Waals surface area contributed by atoms with Crippen LogP contribution in [-0.4, -0.2) is 23.4 Å². The molecule has 3 rings (SSSR count). The number of amides is 1. The average molecular weight is 416 g/mol. The Balaban J connectivity index is 1.91. The van der Waals surface area contributed by atoms with Gasteiger partial charge in [-0.15, -0.1) is 11.3 Å². The Labute approximate surface area is 173 Å². The number of rotatable bonds is 6. The van der Waals surface area contributed by atoms with Crippen molar-refractivity contribution < 1.29 is 19.2 Å². The van der Waals surface area contributed by atoms with Crippen LogP contribution in [0.2, 0.25) is 0 Å². The lowest BCUT2D eigenvalue weighted by Crippen LogP contribution is -2.16. The van der Waals surface area contributed by atoms with Crippen LogP contribution in [0.25, 0.3) is 0 Å². The second-order valence-electron chi connectivity index (χ2n) is 7.12. The molecule has 1 aliphatic rings. The molecule has 8 heteroatoms. The second kappa shape index (κ2) is 9.17. The molecule has 0 radical (unpaired) electrons. The molecular weight excluding hydrogens is 392 g/mol. The zero-order chi connectivity index (χ0) is 21.0. The van der Waals surface area contributed by atoms with Gasteiger partial charge in [-0.05, 0) is 56.7 Å². The average Bonchev–Trinajstić information content (AvgIpc) is 2.86. The molecule has 0 saturated carbocycles. The number of esters is 1. The first kappa shape index (κ1) is 21.0. The fourth-order valence-corrected chi connectivity index (χ4v) is 4.76. The number of anilines is 1. The SMILES string of the molecule is CCCOC(=O)c1c(NC(=O)c2ccc([N+](=O)[O-])c(C)c2)sc2c1CCCCC2. The topological polar surface area (TPSA) is 98.5 Å². The third kappa shape index (κ3) is 4.64. The van der Waals surface area contributed by atoms with E-state index in [1.807, 2.05) is 6.92 Å². The number of nitrogens with zero attached hydrogens (tertiary/aromatic N) is 1. The van der Waals surface area contributed by atoms with Crippen LogP contribution in [0, 0.1) is 17.0 Å². The predicted octanol–water partition coefficient (Wildman–Crippen LogP) is 5.05. The van der Waals surface area contributed by atoms with E-state index in [9.17, 15) is 19.7 Å². The number of aryl methyl sites for hydroxylation is 2. The van der Waals surface area contributed by atoms with Crippen molar-refractivity contribution in [2.75, 3.05) is 11.9 Å². The molecule has 29 heavy (non-hydrogen) atoms. The first-order valence-corrected chi connectivity index (χ1v) is 10.6. The molecule has 1 aliphatic carbocycles. The van der Waals surface area contributed by atoms with Gasteiger partial charge in [0.2, 0.25) is 0 Å². The molecule has 2 aromatic rings. The summed E-state index contributed by atoms with van der Waals surface area (Å²) in [7, 11) is 0. The third-order valence-electron chi connectivity index (χ3n) is 4.95. The Morgan fingerprint density at radius 1 is 1.24 bits per heavy atom. The summed E-state index contributed by atoms with van der Waals surface area (Å²) in [5, 5.41) is 14.3. The van der Waals surface area contributed by atoms with Crippen molar-refractivity contribution in [2.24, 2.45) is 0 Å². The molecule has 1 amide bonds. The van der Waals surface area contributed by atoms with Crippen molar-refractivity contribution >= 4 is 33.9 Å². The van der Waals surface area contributed by atoms with Crippen LogP contribution in [0.5, 0.6) is 0 Å². The minimum atomic E-state index is -0.477. The summed E-state index contributed by atoms with van der Waals surface area (Å²) >= 11 is 1.43. The quantitative estimate of drug-likeness (QED) is 0.307. The van der Waals surface area contributed by atoms with E-state index < -0.39 is 16.8 Å². The molecule has 7 nitrogen and oxygen atoms in total. The van der Waals surface area contributed by atoms with E-state index in [4.69, 9.17) is 4.74 Å². The van der Waals surface area contributed by atoms with E-state index >= 15 is 0 Å². The summed E-state index contributed by atoms with van der Waals surface area (Å²) in [6.45, 7) is 3.86. The fraction of sp³-hybridized carbons (Fsp3) is 0.429. The van der Waals surface area contributed by atoms with Gasteiger partial charge in [-0.2, -0.15) is 0 Å². The van der Waals surface area contributed by atoms with Crippen molar-refractivity contribution in [3.8, 4) is 0 Å². The van der Waals surface area contributed by atoms with Crippen LogP contribution in [0.4, 0.5) is 10.7 Å². The maximum Gasteiger partial charge on any atom is 0.341 e. The molecule has 1 aromatic carbocycles. The largest absolute Gasteiger partial charge is 0.462 e. The van der Waals surface area contributed by atoms with Gasteiger partial charge >= 0.3 is 5.97 Å². The molecule has 0 unspecified atom stereocenters. The normalized spacial score (nSPS) is 13.3. The number of hydrogen-bond acceptors (Lipinski definition) is 6. The highest BCUT2D eigenvalue weighted by Crippen LogP contribution is 2.38. The van der Waals surface area contributed by atoms with Crippen LogP contribution in [0.15, 0.2) is 18.2 Å². The zero-order valence-electron chi connectivity index (χ0n) is 16.6. The number of nitro groups is 1. The lowest BCUT2D eigenvalue weighted by atomic mass is 10.1. The minimum absolute atomic E-state index is 0.0341. The molecule has 1 aromatic heterocycles. The fourth-order valence-electron chi connectivity index (χ4n) is 3.49. The van der Waals surface area contributed by atoms with Crippen molar-refractivity contribution in [3.05, 3.63) is 55.4 Å². The van der Waals surface area contributed by atoms with Gasteiger partial charge in [0.25, 0.3) is 11.6 Å².